The van der Waals surface area contributed by atoms with Crippen molar-refractivity contribution in [3.8, 4) is 28.6 Å². The van der Waals surface area contributed by atoms with E-state index in [0.29, 0.717) is 18.3 Å². The van der Waals surface area contributed by atoms with Crippen LogP contribution in [0.2, 0.25) is 0 Å². The van der Waals surface area contributed by atoms with Crippen molar-refractivity contribution in [2.75, 3.05) is 6.61 Å². The van der Waals surface area contributed by atoms with Crippen LogP contribution in [0.3, 0.4) is 0 Å². The largest absolute Gasteiger partial charge is 0.494 e. The maximum Gasteiger partial charge on any atom is 0.258 e. The molecule has 22 heavy (non-hydrogen) atoms. The Labute approximate surface area is 129 Å². The molecule has 0 aliphatic heterocycles. The quantitative estimate of drug-likeness (QED) is 0.732. The van der Waals surface area contributed by atoms with Crippen LogP contribution in [0.25, 0.3) is 22.8 Å². The molecule has 0 saturated heterocycles. The lowest BCUT2D eigenvalue weighted by Crippen LogP contribution is -1.94. The van der Waals surface area contributed by atoms with Crippen LogP contribution >= 0.6 is 0 Å². The third-order valence-corrected chi connectivity index (χ3v) is 3.42. The summed E-state index contributed by atoms with van der Waals surface area (Å²) in [5, 5.41) is 4.07. The SMILES string of the molecule is CCOc1cc(-c2nc(-c3ccncc3C)no2)ccc1C. The normalized spacial score (nSPS) is 10.7. The maximum atomic E-state index is 5.61. The lowest BCUT2D eigenvalue weighted by atomic mass is 10.1. The van der Waals surface area contributed by atoms with Gasteiger partial charge in [0.2, 0.25) is 5.82 Å². The molecule has 112 valence electrons. The van der Waals surface area contributed by atoms with Crippen LogP contribution in [0.5, 0.6) is 5.75 Å². The first-order valence-corrected chi connectivity index (χ1v) is 7.17. The number of nitrogens with zero attached hydrogens (tertiary/aromatic N) is 3. The smallest absolute Gasteiger partial charge is 0.258 e. The third-order valence-electron chi connectivity index (χ3n) is 3.42. The van der Waals surface area contributed by atoms with Gasteiger partial charge in [-0.3, -0.25) is 4.98 Å². The Balaban J connectivity index is 1.97. The summed E-state index contributed by atoms with van der Waals surface area (Å²) in [6.45, 7) is 6.56. The molecule has 3 aromatic rings. The molecule has 5 nitrogen and oxygen atoms in total. The van der Waals surface area contributed by atoms with Crippen molar-refractivity contribution in [3.63, 3.8) is 0 Å². The molecule has 5 heteroatoms. The summed E-state index contributed by atoms with van der Waals surface area (Å²) >= 11 is 0. The van der Waals surface area contributed by atoms with Crippen LogP contribution in [-0.4, -0.2) is 21.7 Å². The molecule has 0 radical (unpaired) electrons. The molecule has 3 rings (SSSR count). The monoisotopic (exact) mass is 295 g/mol. The molecule has 0 spiro atoms. The van der Waals surface area contributed by atoms with Gasteiger partial charge < -0.3 is 9.26 Å². The van der Waals surface area contributed by atoms with Crippen LogP contribution in [0.4, 0.5) is 0 Å². The molecule has 0 amide bonds. The van der Waals surface area contributed by atoms with Gasteiger partial charge in [0.25, 0.3) is 5.89 Å². The fourth-order valence-corrected chi connectivity index (χ4v) is 2.22. The van der Waals surface area contributed by atoms with Crippen molar-refractivity contribution in [2.24, 2.45) is 0 Å². The predicted molar refractivity (Wildman–Crippen MR) is 83.6 cm³/mol. The molecular weight excluding hydrogens is 278 g/mol. The van der Waals surface area contributed by atoms with E-state index in [2.05, 4.69) is 15.1 Å². The standard InChI is InChI=1S/C17H17N3O2/c1-4-21-15-9-13(6-5-11(15)2)17-19-16(20-22-17)14-7-8-18-10-12(14)3/h5-10H,4H2,1-3H3. The Bertz CT molecular complexity index is 796. The molecule has 0 N–H and O–H groups in total. The Morgan fingerprint density at radius 1 is 1.14 bits per heavy atom. The van der Waals surface area contributed by atoms with Crippen LogP contribution in [-0.2, 0) is 0 Å². The van der Waals surface area contributed by atoms with Gasteiger partial charge in [-0.25, -0.2) is 0 Å². The van der Waals surface area contributed by atoms with Gasteiger partial charge in [-0.15, -0.1) is 0 Å². The maximum absolute atomic E-state index is 5.61. The Hall–Kier alpha value is -2.69. The van der Waals surface area contributed by atoms with Gasteiger partial charge in [0.15, 0.2) is 0 Å². The van der Waals surface area contributed by atoms with Gasteiger partial charge in [-0.2, -0.15) is 4.98 Å². The highest BCUT2D eigenvalue weighted by Crippen LogP contribution is 2.28. The second-order valence-electron chi connectivity index (χ2n) is 5.03. The molecule has 0 aliphatic rings. The summed E-state index contributed by atoms with van der Waals surface area (Å²) in [5.41, 5.74) is 3.85. The highest BCUT2D eigenvalue weighted by atomic mass is 16.5. The van der Waals surface area contributed by atoms with Crippen molar-refractivity contribution >= 4 is 0 Å². The van der Waals surface area contributed by atoms with Crippen LogP contribution in [0.1, 0.15) is 18.1 Å². The van der Waals surface area contributed by atoms with E-state index in [9.17, 15) is 0 Å². The molecule has 0 fully saturated rings. The average Bonchev–Trinajstić information content (AvgIpc) is 3.00. The highest BCUT2D eigenvalue weighted by Gasteiger charge is 2.13. The number of benzene rings is 1. The van der Waals surface area contributed by atoms with E-state index >= 15 is 0 Å². The van der Waals surface area contributed by atoms with Gasteiger partial charge in [0, 0.05) is 23.5 Å². The minimum atomic E-state index is 0.479. The second-order valence-corrected chi connectivity index (χ2v) is 5.03. The highest BCUT2D eigenvalue weighted by molar-refractivity contribution is 5.63. The van der Waals surface area contributed by atoms with Crippen molar-refractivity contribution in [1.29, 1.82) is 0 Å². The average molecular weight is 295 g/mol. The molecule has 0 unspecified atom stereocenters. The Kier molecular flexibility index (Phi) is 3.87. The van der Waals surface area contributed by atoms with Gasteiger partial charge in [-0.05, 0) is 50.1 Å². The number of hydrogen-bond acceptors (Lipinski definition) is 5. The lowest BCUT2D eigenvalue weighted by Gasteiger charge is -2.07. The van der Waals surface area contributed by atoms with E-state index in [1.54, 1.807) is 12.4 Å². The fourth-order valence-electron chi connectivity index (χ4n) is 2.22. The molecule has 0 aliphatic carbocycles. The summed E-state index contributed by atoms with van der Waals surface area (Å²) in [5.74, 6) is 1.88. The predicted octanol–water partition coefficient (Wildman–Crippen LogP) is 3.81. The molecule has 2 aromatic heterocycles. The van der Waals surface area contributed by atoms with Crippen LogP contribution < -0.4 is 4.74 Å². The minimum absolute atomic E-state index is 0.479. The van der Waals surface area contributed by atoms with Crippen molar-refractivity contribution in [1.82, 2.24) is 15.1 Å². The van der Waals surface area contributed by atoms with E-state index in [-0.39, 0.29) is 0 Å². The summed E-state index contributed by atoms with van der Waals surface area (Å²) in [6, 6.07) is 7.75. The van der Waals surface area contributed by atoms with Crippen molar-refractivity contribution in [3.05, 3.63) is 47.8 Å². The fraction of sp³-hybridized carbons (Fsp3) is 0.235. The van der Waals surface area contributed by atoms with E-state index in [1.807, 2.05) is 45.0 Å². The number of hydrogen-bond donors (Lipinski definition) is 0. The van der Waals surface area contributed by atoms with Crippen LogP contribution in [0, 0.1) is 13.8 Å². The molecular formula is C17H17N3O2. The van der Waals surface area contributed by atoms with Crippen molar-refractivity contribution in [2.45, 2.75) is 20.8 Å². The summed E-state index contributed by atoms with van der Waals surface area (Å²) < 4.78 is 11.0. The minimum Gasteiger partial charge on any atom is -0.494 e. The first-order valence-electron chi connectivity index (χ1n) is 7.17. The first-order chi connectivity index (χ1) is 10.7. The summed E-state index contributed by atoms with van der Waals surface area (Å²) in [4.78, 5) is 8.56. The zero-order valence-electron chi connectivity index (χ0n) is 12.8. The van der Waals surface area contributed by atoms with Gasteiger partial charge in [0.05, 0.1) is 6.61 Å². The number of aryl methyl sites for hydroxylation is 2. The van der Waals surface area contributed by atoms with Crippen molar-refractivity contribution < 1.29 is 9.26 Å². The van der Waals surface area contributed by atoms with Gasteiger partial charge in [0.1, 0.15) is 5.75 Å². The number of aromatic nitrogens is 3. The molecule has 0 saturated carbocycles. The van der Waals surface area contributed by atoms with E-state index in [1.165, 1.54) is 0 Å². The van der Waals surface area contributed by atoms with Gasteiger partial charge in [-0.1, -0.05) is 11.2 Å². The second kappa shape index (κ2) is 5.97. The summed E-state index contributed by atoms with van der Waals surface area (Å²) in [7, 11) is 0. The lowest BCUT2D eigenvalue weighted by molar-refractivity contribution is 0.338. The molecule has 1 aromatic carbocycles. The third kappa shape index (κ3) is 2.70. The summed E-state index contributed by atoms with van der Waals surface area (Å²) in [6.07, 6.45) is 3.50. The zero-order chi connectivity index (χ0) is 15.5. The van der Waals surface area contributed by atoms with Crippen LogP contribution in [0.15, 0.2) is 41.2 Å². The zero-order valence-corrected chi connectivity index (χ0v) is 12.8. The Morgan fingerprint density at radius 3 is 2.77 bits per heavy atom. The number of ether oxygens (including phenoxy) is 1. The number of rotatable bonds is 4. The van der Waals surface area contributed by atoms with E-state index in [4.69, 9.17) is 9.26 Å². The first kappa shape index (κ1) is 14.3. The molecule has 0 atom stereocenters. The molecule has 2 heterocycles. The molecule has 0 bridgehead atoms. The van der Waals surface area contributed by atoms with E-state index in [0.717, 1.165) is 28.0 Å². The van der Waals surface area contributed by atoms with E-state index < -0.39 is 0 Å². The topological polar surface area (TPSA) is 61.0 Å². The number of pyridine rings is 1. The van der Waals surface area contributed by atoms with Gasteiger partial charge >= 0.3 is 0 Å². The Morgan fingerprint density at radius 2 is 2.00 bits per heavy atom.